The summed E-state index contributed by atoms with van der Waals surface area (Å²) in [6, 6.07) is 9.21. The van der Waals surface area contributed by atoms with Crippen molar-refractivity contribution in [3.05, 3.63) is 29.8 Å². The zero-order valence-electron chi connectivity index (χ0n) is 12.8. The third-order valence-corrected chi connectivity index (χ3v) is 4.80. The fourth-order valence-corrected chi connectivity index (χ4v) is 3.62. The lowest BCUT2D eigenvalue weighted by Crippen LogP contribution is -2.29. The first-order valence-corrected chi connectivity index (χ1v) is 8.20. The molecule has 0 heterocycles. The Balaban J connectivity index is 1.73. The van der Waals surface area contributed by atoms with Crippen LogP contribution in [0, 0.1) is 11.8 Å². The van der Waals surface area contributed by atoms with Crippen LogP contribution in [0.3, 0.4) is 0 Å². The van der Waals surface area contributed by atoms with E-state index in [4.69, 9.17) is 4.74 Å². The summed E-state index contributed by atoms with van der Waals surface area (Å²) in [6.45, 7) is 2.39. The monoisotopic (exact) mass is 273 g/mol. The van der Waals surface area contributed by atoms with Crippen molar-refractivity contribution in [2.24, 2.45) is 11.8 Å². The van der Waals surface area contributed by atoms with Gasteiger partial charge in [0.15, 0.2) is 0 Å². The minimum atomic E-state index is 0.473. The predicted octanol–water partition coefficient (Wildman–Crippen LogP) is 4.31. The van der Waals surface area contributed by atoms with Gasteiger partial charge in [-0.3, -0.25) is 0 Å². The van der Waals surface area contributed by atoms with Gasteiger partial charge >= 0.3 is 0 Å². The van der Waals surface area contributed by atoms with Gasteiger partial charge in [-0.25, -0.2) is 0 Å². The maximum absolute atomic E-state index is 5.94. The van der Waals surface area contributed by atoms with Crippen LogP contribution in [-0.2, 0) is 0 Å². The second-order valence-corrected chi connectivity index (χ2v) is 6.69. The van der Waals surface area contributed by atoms with E-state index in [1.807, 2.05) is 0 Å². The van der Waals surface area contributed by atoms with Crippen LogP contribution < -0.4 is 10.1 Å². The van der Waals surface area contributed by atoms with Crippen LogP contribution in [0.1, 0.15) is 57.1 Å². The van der Waals surface area contributed by atoms with Gasteiger partial charge in [-0.2, -0.15) is 0 Å². The van der Waals surface area contributed by atoms with E-state index in [0.717, 1.165) is 17.6 Å². The highest BCUT2D eigenvalue weighted by Crippen LogP contribution is 2.38. The lowest BCUT2D eigenvalue weighted by atomic mass is 9.77. The summed E-state index contributed by atoms with van der Waals surface area (Å²) in [6.07, 6.45) is 8.40. The number of rotatable bonds is 5. The molecule has 0 aromatic heterocycles. The number of hydrogen-bond donors (Lipinski definition) is 1. The predicted molar refractivity (Wildman–Crippen MR) is 83.0 cm³/mol. The standard InChI is InChI=1S/C18H27NO/c1-13-5-3-6-14(11-13)18(19-2)15-7-4-8-17(12-15)20-16-9-10-16/h4,7-8,12-14,16,18-19H,3,5-6,9-11H2,1-2H3. The van der Waals surface area contributed by atoms with Crippen LogP contribution in [-0.4, -0.2) is 13.2 Å². The molecule has 2 saturated carbocycles. The van der Waals surface area contributed by atoms with E-state index in [2.05, 4.69) is 43.6 Å². The molecule has 0 saturated heterocycles. The van der Waals surface area contributed by atoms with Crippen LogP contribution in [0.15, 0.2) is 24.3 Å². The first-order valence-electron chi connectivity index (χ1n) is 8.20. The molecule has 2 aliphatic rings. The summed E-state index contributed by atoms with van der Waals surface area (Å²) in [5, 5.41) is 3.55. The van der Waals surface area contributed by atoms with Crippen molar-refractivity contribution in [1.82, 2.24) is 5.32 Å². The number of benzene rings is 1. The van der Waals surface area contributed by atoms with Gasteiger partial charge in [-0.1, -0.05) is 31.9 Å². The van der Waals surface area contributed by atoms with Gasteiger partial charge < -0.3 is 10.1 Å². The van der Waals surface area contributed by atoms with Gasteiger partial charge in [0.25, 0.3) is 0 Å². The van der Waals surface area contributed by atoms with E-state index in [1.54, 1.807) is 0 Å². The first kappa shape index (κ1) is 13.9. The molecule has 3 atom stereocenters. The fourth-order valence-electron chi connectivity index (χ4n) is 3.62. The van der Waals surface area contributed by atoms with Crippen LogP contribution in [0.2, 0.25) is 0 Å². The second kappa shape index (κ2) is 6.17. The fraction of sp³-hybridized carbons (Fsp3) is 0.667. The Kier molecular flexibility index (Phi) is 4.30. The first-order chi connectivity index (χ1) is 9.76. The number of nitrogens with one attached hydrogen (secondary N) is 1. The Bertz CT molecular complexity index is 441. The summed E-state index contributed by atoms with van der Waals surface area (Å²) in [5.41, 5.74) is 1.39. The molecule has 0 radical (unpaired) electrons. The lowest BCUT2D eigenvalue weighted by Gasteiger charge is -2.33. The van der Waals surface area contributed by atoms with Crippen molar-refractivity contribution in [3.8, 4) is 5.75 Å². The highest BCUT2D eigenvalue weighted by Gasteiger charge is 2.28. The molecule has 0 aliphatic heterocycles. The molecule has 110 valence electrons. The number of ether oxygens (including phenoxy) is 1. The Morgan fingerprint density at radius 2 is 2.05 bits per heavy atom. The van der Waals surface area contributed by atoms with Gasteiger partial charge in [0.05, 0.1) is 6.10 Å². The highest BCUT2D eigenvalue weighted by molar-refractivity contribution is 5.31. The Labute approximate surface area is 122 Å². The maximum atomic E-state index is 5.94. The summed E-state index contributed by atoms with van der Waals surface area (Å²) >= 11 is 0. The minimum absolute atomic E-state index is 0.473. The van der Waals surface area contributed by atoms with E-state index in [1.165, 1.54) is 44.1 Å². The lowest BCUT2D eigenvalue weighted by molar-refractivity contribution is 0.229. The van der Waals surface area contributed by atoms with E-state index in [0.29, 0.717) is 12.1 Å². The molecule has 20 heavy (non-hydrogen) atoms. The maximum Gasteiger partial charge on any atom is 0.120 e. The highest BCUT2D eigenvalue weighted by atomic mass is 16.5. The average Bonchev–Trinajstić information content (AvgIpc) is 3.24. The van der Waals surface area contributed by atoms with Crippen LogP contribution in [0.4, 0.5) is 0 Å². The third-order valence-electron chi connectivity index (χ3n) is 4.80. The van der Waals surface area contributed by atoms with Crippen LogP contribution >= 0.6 is 0 Å². The van der Waals surface area contributed by atoms with E-state index in [9.17, 15) is 0 Å². The molecule has 2 nitrogen and oxygen atoms in total. The van der Waals surface area contributed by atoms with Crippen molar-refractivity contribution in [1.29, 1.82) is 0 Å². The summed E-state index contributed by atoms with van der Waals surface area (Å²) in [7, 11) is 2.10. The molecular formula is C18H27NO. The molecule has 1 N–H and O–H groups in total. The molecule has 3 rings (SSSR count). The van der Waals surface area contributed by atoms with Crippen molar-refractivity contribution >= 4 is 0 Å². The molecule has 3 unspecified atom stereocenters. The SMILES string of the molecule is CNC(c1cccc(OC2CC2)c1)C1CCCC(C)C1. The smallest absolute Gasteiger partial charge is 0.120 e. The topological polar surface area (TPSA) is 21.3 Å². The number of hydrogen-bond acceptors (Lipinski definition) is 2. The molecule has 1 aromatic rings. The molecule has 0 bridgehead atoms. The Morgan fingerprint density at radius 3 is 2.75 bits per heavy atom. The molecule has 2 heteroatoms. The van der Waals surface area contributed by atoms with Gasteiger partial charge in [-0.15, -0.1) is 0 Å². The molecule has 2 fully saturated rings. The second-order valence-electron chi connectivity index (χ2n) is 6.69. The quantitative estimate of drug-likeness (QED) is 0.863. The Morgan fingerprint density at radius 1 is 1.20 bits per heavy atom. The summed E-state index contributed by atoms with van der Waals surface area (Å²) in [4.78, 5) is 0. The molecule has 0 spiro atoms. The zero-order valence-corrected chi connectivity index (χ0v) is 12.8. The van der Waals surface area contributed by atoms with Gasteiger partial charge in [-0.05, 0) is 62.3 Å². The van der Waals surface area contributed by atoms with Gasteiger partial charge in [0, 0.05) is 6.04 Å². The van der Waals surface area contributed by atoms with Gasteiger partial charge in [0.1, 0.15) is 5.75 Å². The van der Waals surface area contributed by atoms with E-state index in [-0.39, 0.29) is 0 Å². The van der Waals surface area contributed by atoms with Crippen LogP contribution in [0.25, 0.3) is 0 Å². The molecular weight excluding hydrogens is 246 g/mol. The molecule has 0 amide bonds. The average molecular weight is 273 g/mol. The molecule has 1 aromatic carbocycles. The van der Waals surface area contributed by atoms with Crippen molar-refractivity contribution in [2.45, 2.75) is 57.6 Å². The normalized spacial score (nSPS) is 28.1. The van der Waals surface area contributed by atoms with Crippen molar-refractivity contribution in [3.63, 3.8) is 0 Å². The minimum Gasteiger partial charge on any atom is -0.490 e. The Hall–Kier alpha value is -1.02. The van der Waals surface area contributed by atoms with Crippen LogP contribution in [0.5, 0.6) is 5.75 Å². The zero-order chi connectivity index (χ0) is 13.9. The molecule has 2 aliphatic carbocycles. The summed E-state index contributed by atoms with van der Waals surface area (Å²) < 4.78 is 5.94. The van der Waals surface area contributed by atoms with Crippen molar-refractivity contribution in [2.75, 3.05) is 7.05 Å². The third kappa shape index (κ3) is 3.35. The summed E-state index contributed by atoms with van der Waals surface area (Å²) in [5.74, 6) is 2.68. The van der Waals surface area contributed by atoms with Gasteiger partial charge in [0.2, 0.25) is 0 Å². The van der Waals surface area contributed by atoms with E-state index >= 15 is 0 Å². The largest absolute Gasteiger partial charge is 0.490 e. The van der Waals surface area contributed by atoms with E-state index < -0.39 is 0 Å². The van der Waals surface area contributed by atoms with Crippen molar-refractivity contribution < 1.29 is 4.74 Å².